The first kappa shape index (κ1) is 16.9. The quantitative estimate of drug-likeness (QED) is 0.476. The van der Waals surface area contributed by atoms with Gasteiger partial charge in [-0.2, -0.15) is 0 Å². The highest BCUT2D eigenvalue weighted by atomic mass is 127. The van der Waals surface area contributed by atoms with Crippen LogP contribution in [-0.4, -0.2) is 20.3 Å². The van der Waals surface area contributed by atoms with Gasteiger partial charge in [-0.3, -0.25) is 9.20 Å². The Kier molecular flexibility index (Phi) is 4.84. The first-order valence-electron chi connectivity index (χ1n) is 7.71. The maximum Gasteiger partial charge on any atom is 0.211 e. The summed E-state index contributed by atoms with van der Waals surface area (Å²) in [4.78, 5) is 17.6. The number of imidazole rings is 1. The molecule has 1 N–H and O–H groups in total. The lowest BCUT2D eigenvalue weighted by atomic mass is 10.0. The molecule has 3 aromatic rings. The number of phenolic OH excluding ortho intramolecular Hbond substituents is 1. The van der Waals surface area contributed by atoms with Gasteiger partial charge in [0.25, 0.3) is 0 Å². The molecule has 0 saturated heterocycles. The van der Waals surface area contributed by atoms with Crippen molar-refractivity contribution < 1.29 is 14.3 Å². The molecule has 4 nitrogen and oxygen atoms in total. The molecule has 0 atom stereocenters. The molecule has 6 heteroatoms. The number of ketones is 1. The van der Waals surface area contributed by atoms with Crippen molar-refractivity contribution in [2.24, 2.45) is 0 Å². The van der Waals surface area contributed by atoms with E-state index >= 15 is 0 Å². The van der Waals surface area contributed by atoms with Gasteiger partial charge >= 0.3 is 0 Å². The van der Waals surface area contributed by atoms with E-state index in [0.29, 0.717) is 21.3 Å². The number of hydrogen-bond acceptors (Lipinski definition) is 3. The number of rotatable bonds is 5. The fraction of sp³-hybridized carbons (Fsp3) is 0.222. The van der Waals surface area contributed by atoms with Gasteiger partial charge < -0.3 is 5.11 Å². The van der Waals surface area contributed by atoms with Gasteiger partial charge in [0.05, 0.1) is 9.26 Å². The summed E-state index contributed by atoms with van der Waals surface area (Å²) in [5.41, 5.74) is 2.08. The molecule has 0 radical (unpaired) electrons. The van der Waals surface area contributed by atoms with Crippen molar-refractivity contribution >= 4 is 34.0 Å². The first-order chi connectivity index (χ1) is 11.5. The number of unbranched alkanes of at least 4 members (excludes halogenated alkanes) is 1. The molecule has 0 bridgehead atoms. The van der Waals surface area contributed by atoms with Crippen LogP contribution in [0.25, 0.3) is 5.65 Å². The van der Waals surface area contributed by atoms with E-state index in [1.54, 1.807) is 10.6 Å². The summed E-state index contributed by atoms with van der Waals surface area (Å²) in [5.74, 6) is -1.53. The monoisotopic (exact) mass is 438 g/mol. The Balaban J connectivity index is 2.15. The maximum absolute atomic E-state index is 13.8. The highest BCUT2D eigenvalue weighted by Crippen LogP contribution is 2.27. The van der Waals surface area contributed by atoms with Gasteiger partial charge in [-0.05, 0) is 59.7 Å². The Morgan fingerprint density at radius 1 is 1.38 bits per heavy atom. The van der Waals surface area contributed by atoms with Crippen LogP contribution in [0, 0.1) is 9.39 Å². The molecular weight excluding hydrogens is 422 g/mol. The standard InChI is InChI=1S/C18H16FIN2O2/c1-2-3-6-14-16(22-8-5-4-7-15(22)21-14)17(23)11-9-12(19)18(24)13(20)10-11/h4-5,7-10,24H,2-3,6H2,1H3. The number of carbonyl (C=O) groups excluding carboxylic acids is 1. The number of aromatic nitrogens is 2. The Morgan fingerprint density at radius 2 is 2.17 bits per heavy atom. The second-order valence-corrected chi connectivity index (χ2v) is 6.72. The van der Waals surface area contributed by atoms with Gasteiger partial charge in [0.1, 0.15) is 11.3 Å². The van der Waals surface area contributed by atoms with E-state index < -0.39 is 11.6 Å². The third-order valence-electron chi connectivity index (χ3n) is 3.86. The number of carbonyl (C=O) groups is 1. The molecule has 124 valence electrons. The Bertz CT molecular complexity index is 898. The summed E-state index contributed by atoms with van der Waals surface area (Å²) in [6.45, 7) is 2.08. The minimum Gasteiger partial charge on any atom is -0.504 e. The van der Waals surface area contributed by atoms with Crippen LogP contribution in [-0.2, 0) is 6.42 Å². The number of halogens is 2. The lowest BCUT2D eigenvalue weighted by Crippen LogP contribution is -2.09. The normalized spacial score (nSPS) is 11.1. The Morgan fingerprint density at radius 3 is 2.88 bits per heavy atom. The number of hydrogen-bond donors (Lipinski definition) is 1. The van der Waals surface area contributed by atoms with E-state index in [9.17, 15) is 14.3 Å². The summed E-state index contributed by atoms with van der Waals surface area (Å²) in [6.07, 6.45) is 4.39. The molecule has 0 spiro atoms. The third-order valence-corrected chi connectivity index (χ3v) is 4.69. The number of phenols is 1. The van der Waals surface area contributed by atoms with E-state index in [1.165, 1.54) is 6.07 Å². The largest absolute Gasteiger partial charge is 0.504 e. The van der Waals surface area contributed by atoms with E-state index in [1.807, 2.05) is 40.8 Å². The number of pyridine rings is 1. The second-order valence-electron chi connectivity index (χ2n) is 5.56. The van der Waals surface area contributed by atoms with Crippen LogP contribution >= 0.6 is 22.6 Å². The van der Waals surface area contributed by atoms with Crippen LogP contribution in [0.5, 0.6) is 5.75 Å². The molecule has 0 aliphatic carbocycles. The van der Waals surface area contributed by atoms with Crippen LogP contribution in [0.4, 0.5) is 4.39 Å². The van der Waals surface area contributed by atoms with E-state index in [4.69, 9.17) is 0 Å². The second kappa shape index (κ2) is 6.88. The van der Waals surface area contributed by atoms with Crippen molar-refractivity contribution in [3.63, 3.8) is 0 Å². The number of fused-ring (bicyclic) bond motifs is 1. The van der Waals surface area contributed by atoms with Crippen molar-refractivity contribution in [1.29, 1.82) is 0 Å². The molecule has 1 aromatic carbocycles. The molecule has 3 rings (SSSR count). The van der Waals surface area contributed by atoms with E-state index in [-0.39, 0.29) is 11.3 Å². The highest BCUT2D eigenvalue weighted by molar-refractivity contribution is 14.1. The van der Waals surface area contributed by atoms with E-state index in [2.05, 4.69) is 11.9 Å². The van der Waals surface area contributed by atoms with Crippen molar-refractivity contribution in [2.75, 3.05) is 0 Å². The maximum atomic E-state index is 13.8. The summed E-state index contributed by atoms with van der Waals surface area (Å²) in [5, 5.41) is 9.57. The van der Waals surface area contributed by atoms with Gasteiger partial charge in [0.2, 0.25) is 5.78 Å². The number of aromatic hydroxyl groups is 1. The molecule has 0 aliphatic rings. The van der Waals surface area contributed by atoms with Crippen LogP contribution in [0.15, 0.2) is 36.5 Å². The fourth-order valence-corrected chi connectivity index (χ4v) is 3.23. The first-order valence-corrected chi connectivity index (χ1v) is 8.79. The summed E-state index contributed by atoms with van der Waals surface area (Å²) in [7, 11) is 0. The smallest absolute Gasteiger partial charge is 0.211 e. The highest BCUT2D eigenvalue weighted by Gasteiger charge is 2.22. The zero-order chi connectivity index (χ0) is 17.3. The number of aryl methyl sites for hydroxylation is 1. The molecule has 0 aliphatic heterocycles. The molecule has 0 saturated carbocycles. The lowest BCUT2D eigenvalue weighted by Gasteiger charge is -2.07. The van der Waals surface area contributed by atoms with Crippen molar-refractivity contribution in [3.05, 3.63) is 62.9 Å². The zero-order valence-corrected chi connectivity index (χ0v) is 15.2. The topological polar surface area (TPSA) is 54.6 Å². The van der Waals surface area contributed by atoms with Gasteiger partial charge in [-0.1, -0.05) is 19.4 Å². The van der Waals surface area contributed by atoms with Crippen LogP contribution < -0.4 is 0 Å². The molecule has 2 aromatic heterocycles. The molecule has 2 heterocycles. The van der Waals surface area contributed by atoms with Crippen molar-refractivity contribution in [3.8, 4) is 5.75 Å². The van der Waals surface area contributed by atoms with Crippen LogP contribution in [0.3, 0.4) is 0 Å². The van der Waals surface area contributed by atoms with Gasteiger partial charge in [0.15, 0.2) is 11.6 Å². The van der Waals surface area contributed by atoms with Crippen molar-refractivity contribution in [1.82, 2.24) is 9.38 Å². The molecular formula is C18H16FIN2O2. The summed E-state index contributed by atoms with van der Waals surface area (Å²) < 4.78 is 15.9. The van der Waals surface area contributed by atoms with Gasteiger partial charge in [-0.15, -0.1) is 0 Å². The molecule has 24 heavy (non-hydrogen) atoms. The lowest BCUT2D eigenvalue weighted by molar-refractivity contribution is 0.103. The van der Waals surface area contributed by atoms with E-state index in [0.717, 1.165) is 24.6 Å². The average Bonchev–Trinajstić information content (AvgIpc) is 2.95. The minimum absolute atomic E-state index is 0.207. The van der Waals surface area contributed by atoms with Crippen LogP contribution in [0.2, 0.25) is 0 Å². The fourth-order valence-electron chi connectivity index (χ4n) is 2.64. The predicted octanol–water partition coefficient (Wildman–Crippen LogP) is 4.36. The molecule has 0 fully saturated rings. The summed E-state index contributed by atoms with van der Waals surface area (Å²) >= 11 is 1.81. The Hall–Kier alpha value is -1.96. The average molecular weight is 438 g/mol. The number of nitrogens with zero attached hydrogens (tertiary/aromatic N) is 2. The molecule has 0 unspecified atom stereocenters. The SMILES string of the molecule is CCCCc1nc2ccccn2c1C(=O)c1cc(F)c(O)c(I)c1. The van der Waals surface area contributed by atoms with Gasteiger partial charge in [-0.25, -0.2) is 9.37 Å². The molecule has 0 amide bonds. The van der Waals surface area contributed by atoms with Crippen LogP contribution in [0.1, 0.15) is 41.5 Å². The third kappa shape index (κ3) is 3.02. The summed E-state index contributed by atoms with van der Waals surface area (Å²) in [6, 6.07) is 8.10. The van der Waals surface area contributed by atoms with Crippen molar-refractivity contribution in [2.45, 2.75) is 26.2 Å². The predicted molar refractivity (Wildman–Crippen MR) is 98.0 cm³/mol. The van der Waals surface area contributed by atoms with Gasteiger partial charge in [0, 0.05) is 11.8 Å². The minimum atomic E-state index is -0.797. The Labute approximate surface area is 152 Å². The zero-order valence-electron chi connectivity index (χ0n) is 13.1. The number of benzene rings is 1.